The van der Waals surface area contributed by atoms with Gasteiger partial charge in [-0.25, -0.2) is 0 Å². The average Bonchev–Trinajstić information content (AvgIpc) is 3.76. The van der Waals surface area contributed by atoms with Crippen LogP contribution in [0, 0.1) is 0 Å². The maximum absolute atomic E-state index is 5.96. The lowest BCUT2D eigenvalue weighted by molar-refractivity contribution is 0.322. The van der Waals surface area contributed by atoms with Crippen molar-refractivity contribution in [2.75, 3.05) is 32.7 Å². The number of hydrogen-bond donors (Lipinski definition) is 3. The summed E-state index contributed by atoms with van der Waals surface area (Å²) in [7, 11) is 1.92. The van der Waals surface area contributed by atoms with E-state index in [0.29, 0.717) is 19.1 Å². The van der Waals surface area contributed by atoms with Gasteiger partial charge in [0.25, 0.3) is 0 Å². The summed E-state index contributed by atoms with van der Waals surface area (Å²) in [5.41, 5.74) is 6.56. The highest BCUT2D eigenvalue weighted by molar-refractivity contribution is 6.18. The van der Waals surface area contributed by atoms with E-state index < -0.39 is 0 Å². The number of nitrogens with zero attached hydrogens (tertiary/aromatic N) is 2. The van der Waals surface area contributed by atoms with E-state index >= 15 is 0 Å². The van der Waals surface area contributed by atoms with Crippen molar-refractivity contribution < 1.29 is 9.47 Å². The predicted octanol–water partition coefficient (Wildman–Crippen LogP) is 9.25. The predicted molar refractivity (Wildman–Crippen MR) is 209 cm³/mol. The molecule has 0 saturated heterocycles. The Labute approximate surface area is 302 Å². The van der Waals surface area contributed by atoms with Gasteiger partial charge in [-0.1, -0.05) is 97.1 Å². The van der Waals surface area contributed by atoms with Crippen molar-refractivity contribution in [1.29, 1.82) is 0 Å². The number of nitrogens with one attached hydrogen (secondary N) is 3. The van der Waals surface area contributed by atoms with Crippen molar-refractivity contribution in [3.63, 3.8) is 0 Å². The first-order valence-electron chi connectivity index (χ1n) is 16.5. The fourth-order valence-corrected chi connectivity index (χ4v) is 6.46. The molecule has 9 heteroatoms. The molecule has 254 valence electrons. The van der Waals surface area contributed by atoms with E-state index in [1.54, 1.807) is 0 Å². The van der Waals surface area contributed by atoms with Gasteiger partial charge in [0.1, 0.15) is 24.7 Å². The van der Waals surface area contributed by atoms with Crippen molar-refractivity contribution in [1.82, 2.24) is 25.7 Å². The topological polar surface area (TPSA) is 87.8 Å². The van der Waals surface area contributed by atoms with E-state index in [2.05, 4.69) is 111 Å². The first kappa shape index (κ1) is 34.8. The van der Waals surface area contributed by atoms with Crippen LogP contribution in [0.15, 0.2) is 121 Å². The summed E-state index contributed by atoms with van der Waals surface area (Å²) in [6.07, 6.45) is 1.57. The van der Waals surface area contributed by atoms with Gasteiger partial charge >= 0.3 is 0 Å². The zero-order valence-electron chi connectivity index (χ0n) is 27.8. The fraction of sp³-hybridized carbons (Fsp3) is 0.171. The van der Waals surface area contributed by atoms with Gasteiger partial charge in [0, 0.05) is 19.4 Å². The van der Waals surface area contributed by atoms with Gasteiger partial charge in [-0.05, 0) is 64.0 Å². The summed E-state index contributed by atoms with van der Waals surface area (Å²) in [5, 5.41) is 25.6. The molecule has 0 amide bonds. The number of ether oxygens (including phenoxy) is 2. The second kappa shape index (κ2) is 16.5. The van der Waals surface area contributed by atoms with Gasteiger partial charge in [-0.3, -0.25) is 10.2 Å². The van der Waals surface area contributed by atoms with Gasteiger partial charge in [-0.15, -0.1) is 24.0 Å². The lowest BCUT2D eigenvalue weighted by atomic mass is 9.99. The van der Waals surface area contributed by atoms with Crippen molar-refractivity contribution in [2.45, 2.75) is 12.8 Å². The number of aromatic nitrogens is 4. The van der Waals surface area contributed by atoms with Crippen LogP contribution in [0.5, 0.6) is 11.5 Å². The van der Waals surface area contributed by atoms with Crippen LogP contribution < -0.4 is 14.8 Å². The van der Waals surface area contributed by atoms with Crippen LogP contribution in [0.2, 0.25) is 0 Å². The maximum Gasteiger partial charge on any atom is 0.130 e. The largest absolute Gasteiger partial charge is 0.492 e. The highest BCUT2D eigenvalue weighted by Crippen LogP contribution is 2.32. The molecule has 8 rings (SSSR count). The Balaban J connectivity index is 0.000000170. The minimum absolute atomic E-state index is 0. The molecule has 2 aromatic heterocycles. The van der Waals surface area contributed by atoms with Gasteiger partial charge in [0.05, 0.1) is 39.1 Å². The van der Waals surface area contributed by atoms with Gasteiger partial charge in [0.15, 0.2) is 0 Å². The van der Waals surface area contributed by atoms with Crippen LogP contribution in [0.3, 0.4) is 0 Å². The summed E-state index contributed by atoms with van der Waals surface area (Å²) < 4.78 is 11.8. The number of H-pyrrole nitrogens is 2. The smallest absolute Gasteiger partial charge is 0.130 e. The highest BCUT2D eigenvalue weighted by atomic mass is 35.5. The third-order valence-corrected chi connectivity index (χ3v) is 8.83. The first-order chi connectivity index (χ1) is 24.2. The number of rotatable bonds is 11. The van der Waals surface area contributed by atoms with E-state index in [1.165, 1.54) is 32.7 Å². The monoisotopic (exact) mass is 703 g/mol. The van der Waals surface area contributed by atoms with E-state index in [1.807, 2.05) is 43.4 Å². The normalized spacial score (nSPS) is 11.0. The minimum atomic E-state index is 0. The first-order valence-corrected chi connectivity index (χ1v) is 17.1. The second-order valence-electron chi connectivity index (χ2n) is 11.8. The van der Waals surface area contributed by atoms with E-state index in [4.69, 9.17) is 21.1 Å². The summed E-state index contributed by atoms with van der Waals surface area (Å²) in [4.78, 5) is 0. The van der Waals surface area contributed by atoms with E-state index in [0.717, 1.165) is 64.1 Å². The average molecular weight is 705 g/mol. The molecule has 0 fully saturated rings. The molecule has 6 aromatic carbocycles. The Morgan fingerprint density at radius 3 is 1.54 bits per heavy atom. The van der Waals surface area contributed by atoms with Crippen LogP contribution >= 0.6 is 24.0 Å². The Morgan fingerprint density at radius 2 is 1.04 bits per heavy atom. The SMILES string of the molecule is CNCCOc1cccc2n[nH]c(Cc3cccc4ccccc34)c12.Cl.ClCCOc1cccc2n[nH]c(Cc3cccc4ccccc34)c12. The number of benzene rings is 6. The molecule has 0 spiro atoms. The quantitative estimate of drug-likeness (QED) is 0.0923. The Hall–Kier alpha value is -5.08. The molecule has 2 heterocycles. The Kier molecular flexibility index (Phi) is 11.5. The van der Waals surface area contributed by atoms with E-state index in [-0.39, 0.29) is 12.4 Å². The molecule has 0 unspecified atom stereocenters. The molecule has 3 N–H and O–H groups in total. The third kappa shape index (κ3) is 7.55. The molecule has 0 radical (unpaired) electrons. The van der Waals surface area contributed by atoms with Crippen LogP contribution in [-0.2, 0) is 12.8 Å². The lowest BCUT2D eigenvalue weighted by Gasteiger charge is -2.09. The molecule has 0 saturated carbocycles. The summed E-state index contributed by atoms with van der Waals surface area (Å²) >= 11 is 5.76. The van der Waals surface area contributed by atoms with Crippen LogP contribution in [-0.4, -0.2) is 53.1 Å². The summed E-state index contributed by atoms with van der Waals surface area (Å²) in [6, 6.07) is 41.7. The molecule has 0 aliphatic heterocycles. The molecule has 0 aliphatic rings. The number of aromatic amines is 2. The maximum atomic E-state index is 5.96. The molecule has 50 heavy (non-hydrogen) atoms. The van der Waals surface area contributed by atoms with Gasteiger partial charge in [-0.2, -0.15) is 10.2 Å². The highest BCUT2D eigenvalue weighted by Gasteiger charge is 2.14. The molecule has 0 bridgehead atoms. The summed E-state index contributed by atoms with van der Waals surface area (Å²) in [6.45, 7) is 1.93. The number of halogens is 2. The lowest BCUT2D eigenvalue weighted by Crippen LogP contribution is -2.16. The number of hydrogen-bond acceptors (Lipinski definition) is 5. The Morgan fingerprint density at radius 1 is 0.580 bits per heavy atom. The second-order valence-corrected chi connectivity index (χ2v) is 12.2. The van der Waals surface area contributed by atoms with Gasteiger partial charge in [0.2, 0.25) is 0 Å². The third-order valence-electron chi connectivity index (χ3n) is 8.67. The zero-order valence-corrected chi connectivity index (χ0v) is 29.4. The molecular formula is C41H39Cl2N5O2. The zero-order chi connectivity index (χ0) is 33.4. The standard InChI is InChI=1S/C21H21N3O.C20H17ClN2O.ClH/c1-22-12-13-25-20-11-5-10-18-21(20)19(24-23-18)14-16-8-4-7-15-6-2-3-9-17(15)16;21-11-12-24-19-10-4-9-17-20(19)18(23-22-17)13-15-7-3-6-14-5-1-2-8-16(14)15;/h2-11,22H,12-14H2,1H3,(H,23,24);1-10H,11-13H2,(H,22,23);1H. The number of likely N-dealkylation sites (N-methyl/N-ethyl adjacent to an activating group) is 1. The number of alkyl halides is 1. The van der Waals surface area contributed by atoms with Crippen molar-refractivity contribution in [3.8, 4) is 11.5 Å². The van der Waals surface area contributed by atoms with Crippen molar-refractivity contribution in [3.05, 3.63) is 144 Å². The number of fused-ring (bicyclic) bond motifs is 4. The molecule has 8 aromatic rings. The van der Waals surface area contributed by atoms with E-state index in [9.17, 15) is 0 Å². The van der Waals surface area contributed by atoms with Crippen LogP contribution in [0.1, 0.15) is 22.5 Å². The molecule has 7 nitrogen and oxygen atoms in total. The molecule has 0 atom stereocenters. The minimum Gasteiger partial charge on any atom is -0.492 e. The summed E-state index contributed by atoms with van der Waals surface area (Å²) in [5.74, 6) is 2.18. The molecule has 0 aliphatic carbocycles. The fourth-order valence-electron chi connectivity index (χ4n) is 6.38. The van der Waals surface area contributed by atoms with Gasteiger partial charge < -0.3 is 14.8 Å². The van der Waals surface area contributed by atoms with Crippen molar-refractivity contribution >= 4 is 67.4 Å². The van der Waals surface area contributed by atoms with Crippen LogP contribution in [0.4, 0.5) is 0 Å². The van der Waals surface area contributed by atoms with Crippen molar-refractivity contribution in [2.24, 2.45) is 0 Å². The molecular weight excluding hydrogens is 665 g/mol. The van der Waals surface area contributed by atoms with Crippen LogP contribution in [0.25, 0.3) is 43.4 Å². The Bertz CT molecular complexity index is 2320.